The molecule has 0 radical (unpaired) electrons. The number of aromatic nitrogens is 1. The normalized spacial score (nSPS) is 17.3. The van der Waals surface area contributed by atoms with Crippen molar-refractivity contribution >= 4 is 29.0 Å². The number of nitrogens with zero attached hydrogens (tertiary/aromatic N) is 2. The zero-order valence-corrected chi connectivity index (χ0v) is 14.7. The SMILES string of the molecule is CSCc1nc(CNC(=O)C2CCN(C(C)C)CC2)cs1. The van der Waals surface area contributed by atoms with Crippen LogP contribution in [0.5, 0.6) is 0 Å². The van der Waals surface area contributed by atoms with Gasteiger partial charge in [-0.2, -0.15) is 11.8 Å². The Bertz CT molecular complexity index is 454. The fourth-order valence-electron chi connectivity index (χ4n) is 2.62. The highest BCUT2D eigenvalue weighted by molar-refractivity contribution is 7.97. The third kappa shape index (κ3) is 4.97. The van der Waals surface area contributed by atoms with Crippen molar-refractivity contribution in [2.75, 3.05) is 19.3 Å². The number of hydrogen-bond donors (Lipinski definition) is 1. The Balaban J connectivity index is 1.74. The molecule has 1 saturated heterocycles. The van der Waals surface area contributed by atoms with Gasteiger partial charge in [-0.3, -0.25) is 4.79 Å². The molecule has 1 aliphatic heterocycles. The highest BCUT2D eigenvalue weighted by Crippen LogP contribution is 2.19. The van der Waals surface area contributed by atoms with E-state index in [4.69, 9.17) is 0 Å². The first-order valence-electron chi connectivity index (χ1n) is 7.54. The topological polar surface area (TPSA) is 45.2 Å². The molecule has 0 atom stereocenters. The summed E-state index contributed by atoms with van der Waals surface area (Å²) in [5.74, 6) is 1.31. The van der Waals surface area contributed by atoms with Crippen LogP contribution >= 0.6 is 23.1 Å². The van der Waals surface area contributed by atoms with Gasteiger partial charge in [0.05, 0.1) is 12.2 Å². The quantitative estimate of drug-likeness (QED) is 0.872. The van der Waals surface area contributed by atoms with E-state index in [1.807, 2.05) is 5.38 Å². The molecule has 2 rings (SSSR count). The summed E-state index contributed by atoms with van der Waals surface area (Å²) < 4.78 is 0. The van der Waals surface area contributed by atoms with Crippen LogP contribution in [0.2, 0.25) is 0 Å². The summed E-state index contributed by atoms with van der Waals surface area (Å²) in [7, 11) is 0. The number of thioether (sulfide) groups is 1. The molecule has 2 heterocycles. The molecule has 1 aromatic rings. The number of amides is 1. The second-order valence-corrected chi connectivity index (χ2v) is 7.60. The monoisotopic (exact) mass is 327 g/mol. The molecule has 0 aliphatic carbocycles. The maximum Gasteiger partial charge on any atom is 0.223 e. The van der Waals surface area contributed by atoms with Gasteiger partial charge < -0.3 is 10.2 Å². The van der Waals surface area contributed by atoms with E-state index < -0.39 is 0 Å². The Morgan fingerprint density at radius 1 is 1.52 bits per heavy atom. The minimum absolute atomic E-state index is 0.171. The zero-order valence-electron chi connectivity index (χ0n) is 13.1. The van der Waals surface area contributed by atoms with E-state index in [1.165, 1.54) is 0 Å². The maximum atomic E-state index is 12.2. The molecule has 0 spiro atoms. The lowest BCUT2D eigenvalue weighted by molar-refractivity contribution is -0.126. The summed E-state index contributed by atoms with van der Waals surface area (Å²) in [5, 5.41) is 6.23. The number of nitrogens with one attached hydrogen (secondary N) is 1. The molecule has 1 aliphatic rings. The summed E-state index contributed by atoms with van der Waals surface area (Å²) in [6.07, 6.45) is 4.02. The summed E-state index contributed by atoms with van der Waals surface area (Å²) in [6, 6.07) is 0.582. The van der Waals surface area contributed by atoms with Crippen molar-refractivity contribution in [2.45, 2.75) is 45.0 Å². The van der Waals surface area contributed by atoms with Crippen molar-refractivity contribution in [3.8, 4) is 0 Å². The number of piperidine rings is 1. The van der Waals surface area contributed by atoms with Gasteiger partial charge in [-0.1, -0.05) is 0 Å². The second-order valence-electron chi connectivity index (χ2n) is 5.79. The molecule has 6 heteroatoms. The number of hydrogen-bond acceptors (Lipinski definition) is 5. The first kappa shape index (κ1) is 16.8. The van der Waals surface area contributed by atoms with Gasteiger partial charge in [0.1, 0.15) is 5.01 Å². The van der Waals surface area contributed by atoms with Gasteiger partial charge >= 0.3 is 0 Å². The van der Waals surface area contributed by atoms with Crippen molar-refractivity contribution in [3.05, 3.63) is 16.1 Å². The van der Waals surface area contributed by atoms with Crippen LogP contribution in [0.3, 0.4) is 0 Å². The third-order valence-corrected chi connectivity index (χ3v) is 5.58. The average Bonchev–Trinajstić information content (AvgIpc) is 2.93. The molecule has 0 saturated carbocycles. The maximum absolute atomic E-state index is 12.2. The lowest BCUT2D eigenvalue weighted by atomic mass is 9.95. The van der Waals surface area contributed by atoms with Crippen molar-refractivity contribution in [1.82, 2.24) is 15.2 Å². The smallest absolute Gasteiger partial charge is 0.223 e. The number of rotatable bonds is 6. The minimum Gasteiger partial charge on any atom is -0.350 e. The molecule has 21 heavy (non-hydrogen) atoms. The minimum atomic E-state index is 0.171. The van der Waals surface area contributed by atoms with Crippen LogP contribution in [0, 0.1) is 5.92 Å². The Morgan fingerprint density at radius 3 is 2.86 bits per heavy atom. The predicted molar refractivity (Wildman–Crippen MR) is 90.6 cm³/mol. The Kier molecular flexibility index (Phi) is 6.51. The van der Waals surface area contributed by atoms with Crippen LogP contribution in [0.4, 0.5) is 0 Å². The van der Waals surface area contributed by atoms with Gasteiger partial charge in [0, 0.05) is 23.1 Å². The molecule has 1 aromatic heterocycles. The third-order valence-electron chi connectivity index (χ3n) is 3.94. The van der Waals surface area contributed by atoms with E-state index in [0.717, 1.165) is 42.4 Å². The van der Waals surface area contributed by atoms with Crippen LogP contribution in [0.25, 0.3) is 0 Å². The Morgan fingerprint density at radius 2 is 2.24 bits per heavy atom. The highest BCUT2D eigenvalue weighted by Gasteiger charge is 2.25. The van der Waals surface area contributed by atoms with Crippen molar-refractivity contribution in [1.29, 1.82) is 0 Å². The van der Waals surface area contributed by atoms with E-state index in [-0.39, 0.29) is 11.8 Å². The largest absolute Gasteiger partial charge is 0.350 e. The summed E-state index contributed by atoms with van der Waals surface area (Å²) in [4.78, 5) is 19.2. The van der Waals surface area contributed by atoms with E-state index in [1.54, 1.807) is 23.1 Å². The summed E-state index contributed by atoms with van der Waals surface area (Å²) in [5.41, 5.74) is 0.983. The van der Waals surface area contributed by atoms with Gasteiger partial charge in [0.15, 0.2) is 0 Å². The van der Waals surface area contributed by atoms with E-state index in [2.05, 4.69) is 35.3 Å². The summed E-state index contributed by atoms with van der Waals surface area (Å²) in [6.45, 7) is 7.06. The molecule has 0 bridgehead atoms. The van der Waals surface area contributed by atoms with Gasteiger partial charge in [-0.15, -0.1) is 11.3 Å². The fraction of sp³-hybridized carbons (Fsp3) is 0.733. The highest BCUT2D eigenvalue weighted by atomic mass is 32.2. The van der Waals surface area contributed by atoms with Gasteiger partial charge in [0.2, 0.25) is 5.91 Å². The molecule has 1 N–H and O–H groups in total. The lowest BCUT2D eigenvalue weighted by Crippen LogP contribution is -2.42. The van der Waals surface area contributed by atoms with Crippen molar-refractivity contribution < 1.29 is 4.79 Å². The first-order chi connectivity index (χ1) is 10.1. The van der Waals surface area contributed by atoms with Crippen LogP contribution in [0.15, 0.2) is 5.38 Å². The van der Waals surface area contributed by atoms with Crippen molar-refractivity contribution in [2.24, 2.45) is 5.92 Å². The Labute approximate surface area is 135 Å². The second kappa shape index (κ2) is 8.15. The van der Waals surface area contributed by atoms with Gasteiger partial charge in [-0.05, 0) is 46.0 Å². The number of carbonyl (C=O) groups excluding carboxylic acids is 1. The standard InChI is InChI=1S/C15H25N3OS2/c1-11(2)18-6-4-12(5-7-18)15(19)16-8-13-9-21-14(17-13)10-20-3/h9,11-12H,4-8,10H2,1-3H3,(H,16,19). The molecule has 0 aromatic carbocycles. The molecular formula is C15H25N3OS2. The molecule has 118 valence electrons. The van der Waals surface area contributed by atoms with E-state index >= 15 is 0 Å². The number of likely N-dealkylation sites (tertiary alicyclic amines) is 1. The van der Waals surface area contributed by atoms with Crippen molar-refractivity contribution in [3.63, 3.8) is 0 Å². The van der Waals surface area contributed by atoms with Crippen LogP contribution in [-0.2, 0) is 17.1 Å². The average molecular weight is 328 g/mol. The molecular weight excluding hydrogens is 302 g/mol. The summed E-state index contributed by atoms with van der Waals surface area (Å²) >= 11 is 3.45. The molecule has 1 amide bonds. The predicted octanol–water partition coefficient (Wildman–Crippen LogP) is 2.74. The Hall–Kier alpha value is -0.590. The first-order valence-corrected chi connectivity index (χ1v) is 9.81. The van der Waals surface area contributed by atoms with Crippen LogP contribution in [0.1, 0.15) is 37.4 Å². The van der Waals surface area contributed by atoms with Crippen LogP contribution < -0.4 is 5.32 Å². The van der Waals surface area contributed by atoms with Gasteiger partial charge in [0.25, 0.3) is 0 Å². The zero-order chi connectivity index (χ0) is 15.2. The van der Waals surface area contributed by atoms with E-state index in [0.29, 0.717) is 12.6 Å². The van der Waals surface area contributed by atoms with Gasteiger partial charge in [-0.25, -0.2) is 4.98 Å². The lowest BCUT2D eigenvalue weighted by Gasteiger charge is -2.33. The van der Waals surface area contributed by atoms with E-state index in [9.17, 15) is 4.79 Å². The number of carbonyl (C=O) groups is 1. The van der Waals surface area contributed by atoms with Crippen LogP contribution in [-0.4, -0.2) is 41.2 Å². The molecule has 1 fully saturated rings. The fourth-order valence-corrected chi connectivity index (χ4v) is 4.14. The molecule has 4 nitrogen and oxygen atoms in total. The number of thiazole rings is 1. The molecule has 0 unspecified atom stereocenters.